The summed E-state index contributed by atoms with van der Waals surface area (Å²) in [6, 6.07) is 6.08. The van der Waals surface area contributed by atoms with Crippen LogP contribution in [0.25, 0.3) is 0 Å². The molecule has 1 amide bonds. The molecule has 0 spiro atoms. The maximum Gasteiger partial charge on any atom is 0.412 e. The van der Waals surface area contributed by atoms with E-state index in [0.29, 0.717) is 17.9 Å². The van der Waals surface area contributed by atoms with Gasteiger partial charge in [-0.05, 0) is 50.4 Å². The van der Waals surface area contributed by atoms with Gasteiger partial charge < -0.3 is 15.8 Å². The highest BCUT2D eigenvalue weighted by Gasteiger charge is 2.16. The van der Waals surface area contributed by atoms with E-state index in [0.717, 1.165) is 4.88 Å². The molecule has 0 atom stereocenters. The first-order chi connectivity index (χ1) is 10.7. The summed E-state index contributed by atoms with van der Waals surface area (Å²) in [7, 11) is 0. The Morgan fingerprint density at radius 3 is 2.70 bits per heavy atom. The SMILES string of the molecule is CC(C)(C)OC(=O)Nc1ccc(F)c(NCc2sccc2N)c1. The van der Waals surface area contributed by atoms with Crippen molar-refractivity contribution < 1.29 is 13.9 Å². The molecule has 23 heavy (non-hydrogen) atoms. The Hall–Kier alpha value is -2.28. The van der Waals surface area contributed by atoms with Crippen molar-refractivity contribution in [1.29, 1.82) is 0 Å². The van der Waals surface area contributed by atoms with Crippen LogP contribution in [0.15, 0.2) is 29.6 Å². The van der Waals surface area contributed by atoms with Crippen LogP contribution in [-0.2, 0) is 11.3 Å². The van der Waals surface area contributed by atoms with E-state index in [2.05, 4.69) is 10.6 Å². The molecule has 1 aromatic heterocycles. The molecule has 0 saturated carbocycles. The maximum atomic E-state index is 13.9. The molecule has 0 saturated heterocycles. The molecule has 4 N–H and O–H groups in total. The highest BCUT2D eigenvalue weighted by Crippen LogP contribution is 2.24. The molecule has 0 aliphatic heterocycles. The smallest absolute Gasteiger partial charge is 0.412 e. The third-order valence-electron chi connectivity index (χ3n) is 2.83. The average molecular weight is 337 g/mol. The number of nitrogen functional groups attached to an aromatic ring is 1. The first kappa shape index (κ1) is 17.1. The number of ether oxygens (including phenoxy) is 1. The van der Waals surface area contributed by atoms with E-state index in [1.807, 2.05) is 5.38 Å². The van der Waals surface area contributed by atoms with Crippen LogP contribution in [0.1, 0.15) is 25.6 Å². The molecule has 1 aromatic carbocycles. The fourth-order valence-corrected chi connectivity index (χ4v) is 2.57. The van der Waals surface area contributed by atoms with Crippen molar-refractivity contribution in [3.05, 3.63) is 40.3 Å². The largest absolute Gasteiger partial charge is 0.444 e. The molecule has 2 rings (SSSR count). The summed E-state index contributed by atoms with van der Waals surface area (Å²) in [5.74, 6) is -0.408. The molecule has 0 radical (unpaired) electrons. The number of thiophene rings is 1. The van der Waals surface area contributed by atoms with E-state index in [9.17, 15) is 9.18 Å². The molecule has 124 valence electrons. The van der Waals surface area contributed by atoms with Crippen LogP contribution in [0.3, 0.4) is 0 Å². The van der Waals surface area contributed by atoms with E-state index >= 15 is 0 Å². The van der Waals surface area contributed by atoms with Gasteiger partial charge in [0.2, 0.25) is 0 Å². The first-order valence-electron chi connectivity index (χ1n) is 7.10. The lowest BCUT2D eigenvalue weighted by Gasteiger charge is -2.20. The number of amides is 1. The summed E-state index contributed by atoms with van der Waals surface area (Å²) in [6.45, 7) is 5.73. The third kappa shape index (κ3) is 5.14. The van der Waals surface area contributed by atoms with Crippen molar-refractivity contribution in [2.75, 3.05) is 16.4 Å². The second-order valence-electron chi connectivity index (χ2n) is 5.97. The predicted molar refractivity (Wildman–Crippen MR) is 92.3 cm³/mol. The highest BCUT2D eigenvalue weighted by molar-refractivity contribution is 7.10. The van der Waals surface area contributed by atoms with Gasteiger partial charge in [-0.25, -0.2) is 9.18 Å². The molecular weight excluding hydrogens is 317 g/mol. The van der Waals surface area contributed by atoms with Gasteiger partial charge in [-0.15, -0.1) is 11.3 Å². The van der Waals surface area contributed by atoms with Crippen LogP contribution in [0.5, 0.6) is 0 Å². The Bertz CT molecular complexity index is 695. The van der Waals surface area contributed by atoms with E-state index in [4.69, 9.17) is 10.5 Å². The maximum absolute atomic E-state index is 13.9. The number of rotatable bonds is 4. The Kier molecular flexibility index (Phi) is 5.10. The van der Waals surface area contributed by atoms with Gasteiger partial charge in [0.05, 0.1) is 12.2 Å². The lowest BCUT2D eigenvalue weighted by atomic mass is 10.2. The summed E-state index contributed by atoms with van der Waals surface area (Å²) < 4.78 is 19.0. The quantitative estimate of drug-likeness (QED) is 0.771. The fraction of sp³-hybridized carbons (Fsp3) is 0.312. The lowest BCUT2D eigenvalue weighted by molar-refractivity contribution is 0.0636. The van der Waals surface area contributed by atoms with Crippen molar-refractivity contribution in [2.24, 2.45) is 0 Å². The minimum absolute atomic E-state index is 0.284. The normalized spacial score (nSPS) is 11.1. The molecule has 5 nitrogen and oxygen atoms in total. The van der Waals surface area contributed by atoms with Crippen molar-refractivity contribution in [3.8, 4) is 0 Å². The van der Waals surface area contributed by atoms with Gasteiger partial charge in [0, 0.05) is 16.3 Å². The molecule has 0 aliphatic carbocycles. The zero-order chi connectivity index (χ0) is 17.0. The lowest BCUT2D eigenvalue weighted by Crippen LogP contribution is -2.27. The second-order valence-corrected chi connectivity index (χ2v) is 6.97. The summed E-state index contributed by atoms with van der Waals surface area (Å²) in [5, 5.41) is 7.44. The number of carbonyl (C=O) groups excluding carboxylic acids is 1. The Morgan fingerprint density at radius 2 is 2.09 bits per heavy atom. The number of hydrogen-bond acceptors (Lipinski definition) is 5. The molecule has 1 heterocycles. The number of halogens is 1. The molecule has 0 unspecified atom stereocenters. The van der Waals surface area contributed by atoms with E-state index in [1.165, 1.54) is 29.5 Å². The molecule has 2 aromatic rings. The summed E-state index contributed by atoms with van der Waals surface area (Å²) in [5.41, 5.74) is 6.61. The van der Waals surface area contributed by atoms with Gasteiger partial charge in [0.25, 0.3) is 0 Å². The van der Waals surface area contributed by atoms with Crippen LogP contribution in [0.2, 0.25) is 0 Å². The average Bonchev–Trinajstić information content (AvgIpc) is 2.83. The van der Waals surface area contributed by atoms with E-state index < -0.39 is 17.5 Å². The van der Waals surface area contributed by atoms with Crippen LogP contribution in [0, 0.1) is 5.82 Å². The predicted octanol–water partition coefficient (Wildman–Crippen LogP) is 4.43. The van der Waals surface area contributed by atoms with Crippen molar-refractivity contribution in [3.63, 3.8) is 0 Å². The Morgan fingerprint density at radius 1 is 1.35 bits per heavy atom. The van der Waals surface area contributed by atoms with Crippen LogP contribution in [0.4, 0.5) is 26.2 Å². The zero-order valence-corrected chi connectivity index (χ0v) is 14.1. The summed E-state index contributed by atoms with van der Waals surface area (Å²) in [6.07, 6.45) is -0.586. The molecular formula is C16H20FN3O2S. The van der Waals surface area contributed by atoms with Crippen LogP contribution < -0.4 is 16.4 Å². The van der Waals surface area contributed by atoms with Gasteiger partial charge >= 0.3 is 6.09 Å². The minimum atomic E-state index is -0.595. The van der Waals surface area contributed by atoms with E-state index in [1.54, 1.807) is 26.8 Å². The Balaban J connectivity index is 2.04. The monoisotopic (exact) mass is 337 g/mol. The van der Waals surface area contributed by atoms with E-state index in [-0.39, 0.29) is 5.69 Å². The number of carbonyl (C=O) groups is 1. The number of anilines is 3. The van der Waals surface area contributed by atoms with Crippen LogP contribution >= 0.6 is 11.3 Å². The van der Waals surface area contributed by atoms with Crippen molar-refractivity contribution in [2.45, 2.75) is 32.9 Å². The number of benzene rings is 1. The van der Waals surface area contributed by atoms with Gasteiger partial charge in [-0.1, -0.05) is 0 Å². The van der Waals surface area contributed by atoms with Crippen LogP contribution in [-0.4, -0.2) is 11.7 Å². The first-order valence-corrected chi connectivity index (χ1v) is 7.98. The van der Waals surface area contributed by atoms with Gasteiger partial charge in [0.1, 0.15) is 11.4 Å². The summed E-state index contributed by atoms with van der Waals surface area (Å²) in [4.78, 5) is 12.7. The molecule has 0 bridgehead atoms. The fourth-order valence-electron chi connectivity index (χ4n) is 1.83. The Labute approximate surface area is 138 Å². The standard InChI is InChI=1S/C16H20FN3O2S/c1-16(2,3)22-15(21)20-10-4-5-11(17)13(8-10)19-9-14-12(18)6-7-23-14/h4-8,19H,9,18H2,1-3H3,(H,20,21). The topological polar surface area (TPSA) is 76.4 Å². The van der Waals surface area contributed by atoms with Crippen molar-refractivity contribution >= 4 is 34.5 Å². The van der Waals surface area contributed by atoms with Gasteiger partial charge in [-0.3, -0.25) is 5.32 Å². The van der Waals surface area contributed by atoms with Crippen molar-refractivity contribution in [1.82, 2.24) is 0 Å². The van der Waals surface area contributed by atoms with Gasteiger partial charge in [-0.2, -0.15) is 0 Å². The molecule has 7 heteroatoms. The van der Waals surface area contributed by atoms with Gasteiger partial charge in [0.15, 0.2) is 0 Å². The number of nitrogens with two attached hydrogens (primary N) is 1. The highest BCUT2D eigenvalue weighted by atomic mass is 32.1. The second kappa shape index (κ2) is 6.87. The number of hydrogen-bond donors (Lipinski definition) is 3. The molecule has 0 fully saturated rings. The molecule has 0 aliphatic rings. The third-order valence-corrected chi connectivity index (χ3v) is 3.77. The minimum Gasteiger partial charge on any atom is -0.444 e. The summed E-state index contributed by atoms with van der Waals surface area (Å²) >= 11 is 1.50. The zero-order valence-electron chi connectivity index (χ0n) is 13.3. The number of nitrogens with one attached hydrogen (secondary N) is 2.